The molecule has 2 heteroatoms. The van der Waals surface area contributed by atoms with E-state index in [9.17, 15) is 4.79 Å². The smallest absolute Gasteiger partial charge is 0.120 e. The summed E-state index contributed by atoms with van der Waals surface area (Å²) in [5.74, 6) is 0.128. The predicted molar refractivity (Wildman–Crippen MR) is 76.2 cm³/mol. The maximum Gasteiger partial charge on any atom is 0.120 e. The van der Waals surface area contributed by atoms with E-state index in [1.54, 1.807) is 12.2 Å². The molecule has 0 N–H and O–H groups in total. The molecule has 2 rings (SSSR count). The molecule has 1 aliphatic carbocycles. The van der Waals surface area contributed by atoms with Crippen molar-refractivity contribution in [2.75, 3.05) is 0 Å². The van der Waals surface area contributed by atoms with E-state index in [-0.39, 0.29) is 25.3 Å². The van der Waals surface area contributed by atoms with Crippen LogP contribution in [0.5, 0.6) is 0 Å². The first-order valence-corrected chi connectivity index (χ1v) is 6.29. The van der Waals surface area contributed by atoms with Gasteiger partial charge in [0.15, 0.2) is 0 Å². The van der Waals surface area contributed by atoms with Crippen molar-refractivity contribution in [2.45, 2.75) is 19.3 Å². The minimum atomic E-state index is 0. The number of carbonyl (C=O) groups excluding carboxylic acids is 1. The first-order valence-electron chi connectivity index (χ1n) is 6.29. The Kier molecular flexibility index (Phi) is 6.52. The van der Waals surface area contributed by atoms with Crippen LogP contribution in [0.25, 0.3) is 5.57 Å². The number of hydrogen-bond donors (Lipinski definition) is 0. The Labute approximate surface area is 127 Å². The molecule has 0 atom stereocenters. The third-order valence-corrected chi connectivity index (χ3v) is 3.00. The van der Waals surface area contributed by atoms with E-state index >= 15 is 0 Å². The molecule has 1 aromatic carbocycles. The van der Waals surface area contributed by atoms with Crippen molar-refractivity contribution in [1.29, 1.82) is 0 Å². The zero-order valence-electron chi connectivity index (χ0n) is 10.8. The average molecular weight is 340 g/mol. The van der Waals surface area contributed by atoms with Gasteiger partial charge in [0.1, 0.15) is 5.78 Å². The zero-order chi connectivity index (χ0) is 12.8. The first kappa shape index (κ1) is 15.7. The van der Waals surface area contributed by atoms with Crippen molar-refractivity contribution < 1.29 is 24.3 Å². The summed E-state index contributed by atoms with van der Waals surface area (Å²) < 4.78 is 0. The number of allylic oxidation sites excluding steroid dienone is 5. The van der Waals surface area contributed by atoms with E-state index in [0.717, 1.165) is 36.0 Å². The molecule has 0 unspecified atom stereocenters. The summed E-state index contributed by atoms with van der Waals surface area (Å²) in [6, 6.07) is 7.79. The molecule has 0 amide bonds. The molecule has 0 spiro atoms. The van der Waals surface area contributed by atoms with Crippen LogP contribution < -0.4 is 0 Å². The van der Waals surface area contributed by atoms with Gasteiger partial charge in [0.2, 0.25) is 0 Å². The number of benzene rings is 1. The van der Waals surface area contributed by atoms with E-state index in [2.05, 4.69) is 19.1 Å². The molecule has 0 fully saturated rings. The van der Waals surface area contributed by atoms with Gasteiger partial charge in [-0.1, -0.05) is 55.8 Å². The zero-order valence-corrected chi connectivity index (χ0v) is 12.4. The molecule has 1 aromatic rings. The molecule has 0 heterocycles. The fraction of sp³-hybridized carbons (Fsp3) is 0.176. The quantitative estimate of drug-likeness (QED) is 0.325. The number of fused-ring (bicyclic) bond motifs is 1. The molecule has 1 nitrogen and oxygen atoms in total. The summed E-state index contributed by atoms with van der Waals surface area (Å²) >= 11 is 0. The van der Waals surface area contributed by atoms with Crippen molar-refractivity contribution in [3.63, 3.8) is 0 Å². The predicted octanol–water partition coefficient (Wildman–Crippen LogP) is 4.38. The Balaban J connectivity index is 0.00000180. The van der Waals surface area contributed by atoms with Crippen LogP contribution in [-0.4, -0.2) is 5.78 Å². The molecule has 0 bridgehead atoms. The Morgan fingerprint density at radius 1 is 1.21 bits per heavy atom. The van der Waals surface area contributed by atoms with Crippen molar-refractivity contribution in [1.82, 2.24) is 0 Å². The van der Waals surface area contributed by atoms with Crippen LogP contribution in [0.15, 0.2) is 55.1 Å². The Hall–Kier alpha value is -1.40. The summed E-state index contributed by atoms with van der Waals surface area (Å²) in [7, 11) is 0. The minimum Gasteiger partial charge on any atom is -0.305 e. The Morgan fingerprint density at radius 2 is 1.95 bits per heavy atom. The largest absolute Gasteiger partial charge is 0.305 e. The minimum absolute atomic E-state index is 0. The Morgan fingerprint density at radius 3 is 2.68 bits per heavy atom. The van der Waals surface area contributed by atoms with Gasteiger partial charge in [0.05, 0.1) is 0 Å². The molecule has 0 saturated heterocycles. The maximum atomic E-state index is 11.7. The molecule has 101 valence electrons. The number of carbonyl (C=O) groups is 1. The molecular weight excluding hydrogens is 323 g/mol. The van der Waals surface area contributed by atoms with Crippen LogP contribution in [0.2, 0.25) is 0 Å². The summed E-state index contributed by atoms with van der Waals surface area (Å²) in [5.41, 5.74) is 2.97. The molecule has 19 heavy (non-hydrogen) atoms. The fourth-order valence-electron chi connectivity index (χ4n) is 2.10. The number of unbranched alkanes of at least 4 members (excludes halogenated alkanes) is 2. The molecule has 1 aliphatic rings. The molecule has 0 saturated carbocycles. The van der Waals surface area contributed by atoms with Gasteiger partial charge in [-0.15, -0.1) is 17.7 Å². The third-order valence-electron chi connectivity index (χ3n) is 3.00. The number of hydrogen-bond acceptors (Lipinski definition) is 1. The second kappa shape index (κ2) is 7.91. The van der Waals surface area contributed by atoms with Crippen LogP contribution in [0.3, 0.4) is 0 Å². The van der Waals surface area contributed by atoms with Gasteiger partial charge in [0, 0.05) is 19.5 Å². The van der Waals surface area contributed by atoms with Crippen molar-refractivity contribution in [3.8, 4) is 0 Å². The summed E-state index contributed by atoms with van der Waals surface area (Å²) in [6.45, 7) is 3.63. The van der Waals surface area contributed by atoms with Crippen LogP contribution in [0.1, 0.15) is 35.2 Å². The van der Waals surface area contributed by atoms with Crippen LogP contribution >= 0.6 is 0 Å². The van der Waals surface area contributed by atoms with Crippen molar-refractivity contribution >= 4 is 11.4 Å². The molecule has 0 aromatic heterocycles. The number of ketones is 1. The van der Waals surface area contributed by atoms with E-state index in [1.165, 1.54) is 0 Å². The van der Waals surface area contributed by atoms with E-state index in [1.807, 2.05) is 30.3 Å². The second-order valence-corrected chi connectivity index (χ2v) is 4.31. The van der Waals surface area contributed by atoms with Crippen molar-refractivity contribution in [2.24, 2.45) is 0 Å². The first-order chi connectivity index (χ1) is 8.83. The summed E-state index contributed by atoms with van der Waals surface area (Å²) in [6.07, 6.45) is 12.9. The van der Waals surface area contributed by atoms with Gasteiger partial charge >= 0.3 is 0 Å². The van der Waals surface area contributed by atoms with Gasteiger partial charge < -0.3 is 4.79 Å². The van der Waals surface area contributed by atoms with E-state index in [4.69, 9.17) is 0 Å². The van der Waals surface area contributed by atoms with Gasteiger partial charge in [-0.3, -0.25) is 0 Å². The van der Waals surface area contributed by atoms with Crippen LogP contribution in [0.4, 0.5) is 0 Å². The van der Waals surface area contributed by atoms with Gasteiger partial charge in [0.25, 0.3) is 0 Å². The van der Waals surface area contributed by atoms with Gasteiger partial charge in [-0.25, -0.2) is 0 Å². The normalized spacial score (nSPS) is 12.8. The topological polar surface area (TPSA) is 17.1 Å². The second-order valence-electron chi connectivity index (χ2n) is 4.31. The molecular formula is C17H17ORh-. The van der Waals surface area contributed by atoms with Crippen LogP contribution in [0, 0.1) is 6.42 Å². The average Bonchev–Trinajstić information content (AvgIpc) is 2.71. The summed E-state index contributed by atoms with van der Waals surface area (Å²) in [4.78, 5) is 11.7. The molecule has 1 radical (unpaired) electrons. The standard InChI is InChI=1S/C17H17O.Rh/c1-2-3-4-5-6-7-10-14-13-17(18)16-12-9-8-11-15(14)16;/h2-4,8-13H,1,5-7H2;/q-1;/b4-3+;. The number of rotatable bonds is 6. The van der Waals surface area contributed by atoms with Gasteiger partial charge in [-0.05, 0) is 12.0 Å². The monoisotopic (exact) mass is 340 g/mol. The molecule has 0 aliphatic heterocycles. The maximum absolute atomic E-state index is 11.7. The summed E-state index contributed by atoms with van der Waals surface area (Å²) in [5, 5.41) is 0. The van der Waals surface area contributed by atoms with Crippen LogP contribution in [-0.2, 0) is 19.5 Å². The third kappa shape index (κ3) is 4.04. The van der Waals surface area contributed by atoms with Gasteiger partial charge in [-0.2, -0.15) is 12.0 Å². The Bertz CT molecular complexity index is 512. The van der Waals surface area contributed by atoms with Crippen molar-refractivity contribution in [3.05, 3.63) is 72.7 Å². The SMILES string of the molecule is C=C/C=C/CCC[CH-]C1=CC(=O)c2ccccc21.[Rh]. The fourth-order valence-corrected chi connectivity index (χ4v) is 2.10. The van der Waals surface area contributed by atoms with E-state index in [0.29, 0.717) is 0 Å². The van der Waals surface area contributed by atoms with E-state index < -0.39 is 0 Å².